The molecular weight excluding hydrogens is 430 g/mol. The highest BCUT2D eigenvalue weighted by Gasteiger charge is 2.23. The van der Waals surface area contributed by atoms with Gasteiger partial charge in [0.2, 0.25) is 0 Å². The van der Waals surface area contributed by atoms with Gasteiger partial charge in [0.15, 0.2) is 0 Å². The highest BCUT2D eigenvalue weighted by molar-refractivity contribution is 6.01. The molecule has 1 N–H and O–H groups in total. The number of benzene rings is 3. The highest BCUT2D eigenvalue weighted by Crippen LogP contribution is 2.42. The Morgan fingerprint density at radius 3 is 2.06 bits per heavy atom. The van der Waals surface area contributed by atoms with Crippen molar-refractivity contribution in [3.8, 4) is 5.75 Å². The van der Waals surface area contributed by atoms with Crippen LogP contribution in [0.2, 0.25) is 0 Å². The van der Waals surface area contributed by atoms with Crippen molar-refractivity contribution in [2.45, 2.75) is 32.7 Å². The Balaban J connectivity index is 1.52. The summed E-state index contributed by atoms with van der Waals surface area (Å²) >= 11 is 0. The minimum Gasteiger partial charge on any atom is -0.508 e. The molecular formula is C31H37N3O. The van der Waals surface area contributed by atoms with E-state index >= 15 is 0 Å². The number of piperazine rings is 1. The lowest BCUT2D eigenvalue weighted by Gasteiger charge is -2.38. The summed E-state index contributed by atoms with van der Waals surface area (Å²) in [5.74, 6) is 0.324. The van der Waals surface area contributed by atoms with Crippen molar-refractivity contribution in [3.05, 3.63) is 89.0 Å². The minimum absolute atomic E-state index is 0.324. The molecule has 1 aliphatic heterocycles. The third kappa shape index (κ3) is 4.81. The molecule has 35 heavy (non-hydrogen) atoms. The van der Waals surface area contributed by atoms with Crippen LogP contribution < -0.4 is 9.80 Å². The molecule has 2 aliphatic rings. The fourth-order valence-corrected chi connectivity index (χ4v) is 5.48. The second kappa shape index (κ2) is 9.79. The third-order valence-corrected chi connectivity index (χ3v) is 7.61. The SMILES string of the molecule is CC(C)N1CCN(c2ccc(C3=C(c4ccc(N(C)C)cc4)CCc4ccc(O)cc43)cc2)CC1. The lowest BCUT2D eigenvalue weighted by Crippen LogP contribution is -2.48. The molecule has 1 saturated heterocycles. The number of hydrogen-bond acceptors (Lipinski definition) is 4. The van der Waals surface area contributed by atoms with Crippen LogP contribution in [0, 0.1) is 0 Å². The van der Waals surface area contributed by atoms with Gasteiger partial charge in [-0.2, -0.15) is 0 Å². The first-order chi connectivity index (χ1) is 16.9. The molecule has 0 saturated carbocycles. The Bertz CT molecular complexity index is 1200. The van der Waals surface area contributed by atoms with Gasteiger partial charge in [0, 0.05) is 57.7 Å². The van der Waals surface area contributed by atoms with E-state index in [0.29, 0.717) is 11.8 Å². The van der Waals surface area contributed by atoms with Gasteiger partial charge in [-0.05, 0) is 96.5 Å². The number of nitrogens with zero attached hydrogens (tertiary/aromatic N) is 3. The van der Waals surface area contributed by atoms with Crippen molar-refractivity contribution < 1.29 is 5.11 Å². The molecule has 1 aliphatic carbocycles. The van der Waals surface area contributed by atoms with E-state index in [1.165, 1.54) is 39.2 Å². The summed E-state index contributed by atoms with van der Waals surface area (Å²) in [6, 6.07) is 24.4. The maximum atomic E-state index is 10.3. The molecule has 0 amide bonds. The summed E-state index contributed by atoms with van der Waals surface area (Å²) in [5, 5.41) is 10.3. The van der Waals surface area contributed by atoms with Crippen LogP contribution in [0.15, 0.2) is 66.7 Å². The van der Waals surface area contributed by atoms with Gasteiger partial charge in [-0.15, -0.1) is 0 Å². The van der Waals surface area contributed by atoms with E-state index in [4.69, 9.17) is 0 Å². The first-order valence-corrected chi connectivity index (χ1v) is 12.8. The molecule has 182 valence electrons. The Morgan fingerprint density at radius 1 is 0.771 bits per heavy atom. The van der Waals surface area contributed by atoms with Gasteiger partial charge in [-0.25, -0.2) is 0 Å². The van der Waals surface area contributed by atoms with Crippen molar-refractivity contribution in [1.29, 1.82) is 0 Å². The summed E-state index contributed by atoms with van der Waals surface area (Å²) in [6.07, 6.45) is 1.98. The molecule has 1 heterocycles. The predicted molar refractivity (Wildman–Crippen MR) is 148 cm³/mol. The summed E-state index contributed by atoms with van der Waals surface area (Å²) in [4.78, 5) is 7.18. The molecule has 3 aromatic carbocycles. The lowest BCUT2D eigenvalue weighted by molar-refractivity contribution is 0.209. The van der Waals surface area contributed by atoms with Crippen molar-refractivity contribution in [2.24, 2.45) is 0 Å². The largest absolute Gasteiger partial charge is 0.508 e. The topological polar surface area (TPSA) is 30.0 Å². The van der Waals surface area contributed by atoms with Crippen molar-refractivity contribution >= 4 is 22.5 Å². The average molecular weight is 468 g/mol. The van der Waals surface area contributed by atoms with Crippen molar-refractivity contribution in [3.63, 3.8) is 0 Å². The molecule has 0 spiro atoms. The molecule has 3 aromatic rings. The van der Waals surface area contributed by atoms with Crippen molar-refractivity contribution in [1.82, 2.24) is 4.90 Å². The van der Waals surface area contributed by atoms with Gasteiger partial charge in [-0.3, -0.25) is 4.90 Å². The zero-order valence-electron chi connectivity index (χ0n) is 21.5. The average Bonchev–Trinajstić information content (AvgIpc) is 2.88. The monoisotopic (exact) mass is 467 g/mol. The van der Waals surface area contributed by atoms with Gasteiger partial charge in [0.25, 0.3) is 0 Å². The van der Waals surface area contributed by atoms with E-state index in [0.717, 1.165) is 44.6 Å². The molecule has 0 bridgehead atoms. The molecule has 1 fully saturated rings. The van der Waals surface area contributed by atoms with Gasteiger partial charge in [0.1, 0.15) is 5.75 Å². The van der Waals surface area contributed by atoms with Crippen LogP contribution in [-0.2, 0) is 6.42 Å². The molecule has 4 heteroatoms. The van der Waals surface area contributed by atoms with Crippen LogP contribution in [0.3, 0.4) is 0 Å². The number of phenolic OH excluding ortho intramolecular Hbond substituents is 1. The molecule has 0 unspecified atom stereocenters. The lowest BCUT2D eigenvalue weighted by atomic mass is 9.79. The zero-order valence-corrected chi connectivity index (χ0v) is 21.5. The van der Waals surface area contributed by atoms with Crippen LogP contribution in [0.1, 0.15) is 42.5 Å². The van der Waals surface area contributed by atoms with Crippen LogP contribution >= 0.6 is 0 Å². The third-order valence-electron chi connectivity index (χ3n) is 7.61. The number of rotatable bonds is 5. The second-order valence-electron chi connectivity index (χ2n) is 10.3. The standard InChI is InChI=1S/C31H37N3O/c1-22(2)33-17-19-34(20-18-33)27-13-7-25(8-14-27)31-29(23-5-11-26(12-6-23)32(3)4)16-10-24-9-15-28(35)21-30(24)31/h5-9,11-15,21-22,35H,10,16-20H2,1-4H3. The Labute approximate surface area is 210 Å². The van der Waals surface area contributed by atoms with Crippen LogP contribution in [0.25, 0.3) is 11.1 Å². The van der Waals surface area contributed by atoms with Gasteiger partial charge in [-0.1, -0.05) is 30.3 Å². The number of aryl methyl sites for hydroxylation is 1. The summed E-state index contributed by atoms with van der Waals surface area (Å²) in [5.41, 5.74) is 10.0. The van der Waals surface area contributed by atoms with Gasteiger partial charge < -0.3 is 14.9 Å². The van der Waals surface area contributed by atoms with Crippen LogP contribution in [-0.4, -0.2) is 56.3 Å². The number of aromatic hydroxyl groups is 1. The number of hydrogen-bond donors (Lipinski definition) is 1. The van der Waals surface area contributed by atoms with E-state index in [1.54, 1.807) is 0 Å². The highest BCUT2D eigenvalue weighted by atomic mass is 16.3. The maximum Gasteiger partial charge on any atom is 0.116 e. The molecule has 0 radical (unpaired) electrons. The Kier molecular flexibility index (Phi) is 6.57. The fraction of sp³-hybridized carbons (Fsp3) is 0.355. The maximum absolute atomic E-state index is 10.3. The van der Waals surface area contributed by atoms with E-state index < -0.39 is 0 Å². The molecule has 5 rings (SSSR count). The number of anilines is 2. The molecule has 0 atom stereocenters. The van der Waals surface area contributed by atoms with Gasteiger partial charge >= 0.3 is 0 Å². The van der Waals surface area contributed by atoms with Gasteiger partial charge in [0.05, 0.1) is 0 Å². The zero-order chi connectivity index (χ0) is 24.5. The second-order valence-corrected chi connectivity index (χ2v) is 10.3. The van der Waals surface area contributed by atoms with E-state index in [-0.39, 0.29) is 0 Å². The normalized spacial score (nSPS) is 16.5. The Morgan fingerprint density at radius 2 is 1.43 bits per heavy atom. The van der Waals surface area contributed by atoms with E-state index in [2.05, 4.69) is 97.2 Å². The number of phenols is 1. The van der Waals surface area contributed by atoms with E-state index in [1.807, 2.05) is 12.1 Å². The predicted octanol–water partition coefficient (Wildman–Crippen LogP) is 5.89. The van der Waals surface area contributed by atoms with E-state index in [9.17, 15) is 5.11 Å². The quantitative estimate of drug-likeness (QED) is 0.506. The smallest absolute Gasteiger partial charge is 0.116 e. The minimum atomic E-state index is 0.324. The fourth-order valence-electron chi connectivity index (χ4n) is 5.48. The summed E-state index contributed by atoms with van der Waals surface area (Å²) in [7, 11) is 4.15. The number of allylic oxidation sites excluding steroid dienone is 1. The first kappa shape index (κ1) is 23.5. The molecule has 0 aromatic heterocycles. The first-order valence-electron chi connectivity index (χ1n) is 12.8. The summed E-state index contributed by atoms with van der Waals surface area (Å²) < 4.78 is 0. The summed E-state index contributed by atoms with van der Waals surface area (Å²) in [6.45, 7) is 8.93. The van der Waals surface area contributed by atoms with Crippen LogP contribution in [0.5, 0.6) is 5.75 Å². The Hall–Kier alpha value is -3.24. The number of fused-ring (bicyclic) bond motifs is 1. The van der Waals surface area contributed by atoms with Crippen LogP contribution in [0.4, 0.5) is 11.4 Å². The van der Waals surface area contributed by atoms with Crippen molar-refractivity contribution in [2.75, 3.05) is 50.1 Å². The molecule has 4 nitrogen and oxygen atoms in total.